The highest BCUT2D eigenvalue weighted by Crippen LogP contribution is 2.61. The Morgan fingerprint density at radius 2 is 1.62 bits per heavy atom. The van der Waals surface area contributed by atoms with E-state index in [2.05, 4.69) is 24.9 Å². The van der Waals surface area contributed by atoms with Gasteiger partial charge >= 0.3 is 12.2 Å². The number of fused-ring (bicyclic) bond motifs is 2. The van der Waals surface area contributed by atoms with Gasteiger partial charge < -0.3 is 44.2 Å². The predicted molar refractivity (Wildman–Crippen MR) is 247 cm³/mol. The zero-order chi connectivity index (χ0) is 44.9. The molecule has 12 nitrogen and oxygen atoms in total. The van der Waals surface area contributed by atoms with Crippen molar-refractivity contribution >= 4 is 17.9 Å². The second-order valence-electron chi connectivity index (χ2n) is 17.4. The van der Waals surface area contributed by atoms with Crippen LogP contribution < -0.4 is 14.8 Å². The number of aliphatic hydroxyl groups is 2. The van der Waals surface area contributed by atoms with Gasteiger partial charge in [-0.05, 0) is 80.2 Å². The molecule has 5 rings (SSSR count). The summed E-state index contributed by atoms with van der Waals surface area (Å²) in [5.74, 6) is -1.12. The molecule has 63 heavy (non-hydrogen) atoms. The number of allylic oxidation sites excluding steroid dienone is 1. The third-order valence-electron chi connectivity index (χ3n) is 12.9. The van der Waals surface area contributed by atoms with Crippen molar-refractivity contribution in [3.63, 3.8) is 0 Å². The van der Waals surface area contributed by atoms with Crippen molar-refractivity contribution in [3.8, 4) is 11.5 Å². The molecule has 2 aliphatic carbocycles. The van der Waals surface area contributed by atoms with Crippen LogP contribution in [0.5, 0.6) is 11.5 Å². The molecule has 6 atom stereocenters. The molecule has 12 heteroatoms. The second-order valence-corrected chi connectivity index (χ2v) is 17.4. The lowest BCUT2D eigenvalue weighted by atomic mass is 9.55. The Morgan fingerprint density at radius 1 is 0.921 bits per heavy atom. The first-order valence-corrected chi connectivity index (χ1v) is 23.9. The van der Waals surface area contributed by atoms with Crippen LogP contribution in [0.4, 0.5) is 9.59 Å². The molecule has 1 heterocycles. The summed E-state index contributed by atoms with van der Waals surface area (Å²) in [5, 5.41) is 27.4. The molecule has 0 unspecified atom stereocenters. The number of unbranched alkanes of at least 4 members (excludes halogenated alkanes) is 11. The van der Waals surface area contributed by atoms with E-state index >= 15 is 0 Å². The van der Waals surface area contributed by atoms with Crippen LogP contribution in [-0.4, -0.2) is 84.9 Å². The van der Waals surface area contributed by atoms with Gasteiger partial charge in [-0.1, -0.05) is 125 Å². The van der Waals surface area contributed by atoms with Gasteiger partial charge in [-0.2, -0.15) is 0 Å². The average Bonchev–Trinajstić information content (AvgIpc) is 3.29. The molecule has 1 fully saturated rings. The molecule has 2 aromatic carbocycles. The summed E-state index contributed by atoms with van der Waals surface area (Å²) >= 11 is 0. The highest BCUT2D eigenvalue weighted by atomic mass is 16.7. The van der Waals surface area contributed by atoms with Gasteiger partial charge in [-0.3, -0.25) is 0 Å². The number of oxime groups is 1. The lowest BCUT2D eigenvalue weighted by Gasteiger charge is -2.59. The summed E-state index contributed by atoms with van der Waals surface area (Å²) in [5.41, 5.74) is 3.46. The molecule has 1 aliphatic heterocycles. The first-order chi connectivity index (χ1) is 30.8. The molecule has 0 bridgehead atoms. The molecule has 348 valence electrons. The van der Waals surface area contributed by atoms with E-state index in [-0.39, 0.29) is 50.6 Å². The van der Waals surface area contributed by atoms with Gasteiger partial charge in [0, 0.05) is 44.7 Å². The molecule has 3 N–H and O–H groups in total. The maximum Gasteiger partial charge on any atom is 0.412 e. The van der Waals surface area contributed by atoms with Gasteiger partial charge in [0.1, 0.15) is 24.1 Å². The molecule has 0 aromatic heterocycles. The number of hydrogen-bond donors (Lipinski definition) is 3. The largest absolute Gasteiger partial charge is 0.459 e. The van der Waals surface area contributed by atoms with Crippen LogP contribution in [-0.2, 0) is 20.9 Å². The number of carbonyl (C=O) groups is 2. The number of nitrogens with zero attached hydrogens (tertiary/aromatic N) is 2. The van der Waals surface area contributed by atoms with Gasteiger partial charge in [-0.15, -0.1) is 6.58 Å². The molecule has 1 saturated carbocycles. The van der Waals surface area contributed by atoms with Crippen molar-refractivity contribution in [3.05, 3.63) is 84.0 Å². The summed E-state index contributed by atoms with van der Waals surface area (Å²) in [7, 11) is 1.75. The second kappa shape index (κ2) is 26.4. The van der Waals surface area contributed by atoms with Crippen molar-refractivity contribution in [2.45, 2.75) is 147 Å². The molecule has 0 saturated heterocycles. The predicted octanol–water partition coefficient (Wildman–Crippen LogP) is 10.6. The number of rotatable bonds is 28. The zero-order valence-electron chi connectivity index (χ0n) is 38.3. The van der Waals surface area contributed by atoms with Crippen LogP contribution in [0.1, 0.15) is 140 Å². The van der Waals surface area contributed by atoms with Crippen LogP contribution in [0.25, 0.3) is 0 Å². The van der Waals surface area contributed by atoms with Crippen LogP contribution in [0, 0.1) is 17.8 Å². The summed E-state index contributed by atoms with van der Waals surface area (Å²) in [6.45, 7) is 9.40. The Kier molecular flexibility index (Phi) is 20.8. The van der Waals surface area contributed by atoms with Crippen molar-refractivity contribution in [1.29, 1.82) is 0 Å². The summed E-state index contributed by atoms with van der Waals surface area (Å²) in [6.07, 6.45) is 19.6. The third kappa shape index (κ3) is 13.6. The molecule has 2 aromatic rings. The number of ether oxygens (including phenoxy) is 4. The van der Waals surface area contributed by atoms with E-state index in [1.807, 2.05) is 49.4 Å². The Labute approximate surface area is 376 Å². The maximum atomic E-state index is 14.2. The lowest BCUT2D eigenvalue weighted by Crippen LogP contribution is -2.69. The van der Waals surface area contributed by atoms with Crippen molar-refractivity contribution in [1.82, 2.24) is 10.2 Å². The first-order valence-electron chi connectivity index (χ1n) is 23.9. The summed E-state index contributed by atoms with van der Waals surface area (Å²) < 4.78 is 26.0. The van der Waals surface area contributed by atoms with Gasteiger partial charge in [0.25, 0.3) is 0 Å². The first kappa shape index (κ1) is 49.6. The van der Waals surface area contributed by atoms with Gasteiger partial charge in [0.05, 0.1) is 24.8 Å². The van der Waals surface area contributed by atoms with Crippen molar-refractivity contribution in [2.24, 2.45) is 22.9 Å². The Bertz CT molecular complexity index is 1770. The number of aliphatic hydroxyl groups excluding tert-OH is 2. The number of carbonyl (C=O) groups excluding carboxylic acids is 2. The zero-order valence-corrected chi connectivity index (χ0v) is 38.3. The number of benzene rings is 2. The van der Waals surface area contributed by atoms with E-state index in [1.54, 1.807) is 24.1 Å². The number of amides is 2. The third-order valence-corrected chi connectivity index (χ3v) is 12.9. The topological polar surface area (TPSA) is 148 Å². The van der Waals surface area contributed by atoms with Gasteiger partial charge in [0.2, 0.25) is 5.79 Å². The van der Waals surface area contributed by atoms with Crippen LogP contribution in [0.2, 0.25) is 0 Å². The molecule has 0 spiro atoms. The molecule has 2 amide bonds. The molecule has 0 radical (unpaired) electrons. The Morgan fingerprint density at radius 3 is 2.30 bits per heavy atom. The average molecular weight is 874 g/mol. The minimum Gasteiger partial charge on any atom is -0.459 e. The smallest absolute Gasteiger partial charge is 0.412 e. The number of likely N-dealkylation sites (N-methyl/N-ethyl adjacent to an activating group) is 1. The summed E-state index contributed by atoms with van der Waals surface area (Å²) in [4.78, 5) is 34.7. The van der Waals surface area contributed by atoms with E-state index in [0.717, 1.165) is 61.6 Å². The molecular weight excluding hydrogens is 799 g/mol. The normalized spacial score (nSPS) is 22.8. The van der Waals surface area contributed by atoms with Crippen LogP contribution >= 0.6 is 0 Å². The fourth-order valence-corrected chi connectivity index (χ4v) is 9.82. The van der Waals surface area contributed by atoms with Crippen LogP contribution in [0.3, 0.4) is 0 Å². The van der Waals surface area contributed by atoms with E-state index in [9.17, 15) is 19.8 Å². The van der Waals surface area contributed by atoms with E-state index < -0.39 is 29.9 Å². The number of hydrogen-bond acceptors (Lipinski definition) is 10. The van der Waals surface area contributed by atoms with Gasteiger partial charge in [0.15, 0.2) is 0 Å². The van der Waals surface area contributed by atoms with E-state index in [1.165, 1.54) is 44.9 Å². The Hall–Kier alpha value is -4.39. The quantitative estimate of drug-likeness (QED) is 0.0432. The summed E-state index contributed by atoms with van der Waals surface area (Å²) in [6, 6.07) is 14.6. The highest BCUT2D eigenvalue weighted by molar-refractivity contribution is 6.03. The highest BCUT2D eigenvalue weighted by Gasteiger charge is 2.65. The van der Waals surface area contributed by atoms with Gasteiger partial charge in [-0.25, -0.2) is 9.59 Å². The van der Waals surface area contributed by atoms with Crippen molar-refractivity contribution in [2.75, 3.05) is 40.0 Å². The SMILES string of the molecule is C=CCO[C@@]12Oc3ccc(OC(=O)NCC)cc3[C@H]3[C@H](CCCCO)[C@@H](CCCCO)C=C(C(=NOCc4ccccc4)C[C@@H]1N(C)C(=O)OCCCCCCCCCCCC)[C@H]32. The minimum atomic E-state index is -1.41. The minimum absolute atomic E-state index is 0.0249. The fraction of sp³-hybridized carbons (Fsp3) is 0.627. The van der Waals surface area contributed by atoms with E-state index in [0.29, 0.717) is 43.2 Å². The fourth-order valence-electron chi connectivity index (χ4n) is 9.82. The molecular formula is C51H75N3O9. The monoisotopic (exact) mass is 874 g/mol. The van der Waals surface area contributed by atoms with Crippen molar-refractivity contribution < 1.29 is 43.6 Å². The number of nitrogens with one attached hydrogen (secondary N) is 1. The maximum absolute atomic E-state index is 14.2. The van der Waals surface area contributed by atoms with E-state index in [4.69, 9.17) is 28.9 Å². The lowest BCUT2D eigenvalue weighted by molar-refractivity contribution is -0.253. The van der Waals surface area contributed by atoms with Crippen LogP contribution in [0.15, 0.2) is 78.0 Å². The Balaban J connectivity index is 1.55. The molecule has 3 aliphatic rings. The standard InChI is InChI=1S/C51H75N3O9/c1-5-8-9-10-11-12-13-14-15-23-33-59-50(58)54(4)46-36-44(53-61-37-38-24-17-16-18-25-38)42-34-39(26-19-21-30-55)41(27-20-22-31-56)47-43-35-40(62-49(57)52-7-3)28-29-45(43)63-51(46,48(42)47)60-32-6-2/h6,16-18,24-25,28-29,34-35,39,41,46-48,55-56H,2,5,7-15,19-23,26-27,30-33,36-37H2,1,3-4H3,(H,52,57)/t39-,41+,46-,47+,48+,51+/m0/s1.